The Kier molecular flexibility index (Phi) is 4.35. The van der Waals surface area contributed by atoms with E-state index >= 15 is 0 Å². The molecule has 0 amide bonds. The van der Waals surface area contributed by atoms with Crippen molar-refractivity contribution in [2.75, 3.05) is 0 Å². The summed E-state index contributed by atoms with van der Waals surface area (Å²) < 4.78 is 0. The number of ketones is 1. The van der Waals surface area contributed by atoms with Crippen molar-refractivity contribution < 1.29 is 9.72 Å². The van der Waals surface area contributed by atoms with Crippen LogP contribution in [0.15, 0.2) is 18.2 Å². The Bertz CT molecular complexity index is 506. The van der Waals surface area contributed by atoms with E-state index in [4.69, 9.17) is 5.26 Å². The van der Waals surface area contributed by atoms with Crippen LogP contribution in [0.3, 0.4) is 0 Å². The summed E-state index contributed by atoms with van der Waals surface area (Å²) in [5.74, 6) is -0.265. The maximum absolute atomic E-state index is 11.8. The number of Topliss-reactive ketones (excluding diaryl/α,β-unsaturated/α-hetero) is 1. The van der Waals surface area contributed by atoms with Gasteiger partial charge in [-0.15, -0.1) is 0 Å². The molecule has 17 heavy (non-hydrogen) atoms. The topological polar surface area (TPSA) is 84.0 Å². The minimum atomic E-state index is -0.564. The molecule has 1 unspecified atom stereocenters. The molecule has 0 aliphatic rings. The highest BCUT2D eigenvalue weighted by molar-refractivity contribution is 9.10. The Morgan fingerprint density at radius 3 is 2.76 bits per heavy atom. The van der Waals surface area contributed by atoms with Crippen LogP contribution in [0, 0.1) is 21.4 Å². The van der Waals surface area contributed by atoms with Crippen molar-refractivity contribution in [3.63, 3.8) is 0 Å². The second kappa shape index (κ2) is 5.55. The summed E-state index contributed by atoms with van der Waals surface area (Å²) in [6, 6.07) is 5.89. The lowest BCUT2D eigenvalue weighted by Gasteiger charge is -2.07. The van der Waals surface area contributed by atoms with Gasteiger partial charge in [0, 0.05) is 17.7 Å². The van der Waals surface area contributed by atoms with Gasteiger partial charge in [0.05, 0.1) is 22.2 Å². The van der Waals surface area contributed by atoms with E-state index in [1.165, 1.54) is 18.2 Å². The molecular formula is C11H9BrN2O3. The number of hydrogen-bond acceptors (Lipinski definition) is 4. The number of hydrogen-bond donors (Lipinski definition) is 0. The van der Waals surface area contributed by atoms with Gasteiger partial charge >= 0.3 is 0 Å². The molecule has 0 aromatic heterocycles. The number of carbonyl (C=O) groups excluding carboxylic acids is 1. The molecule has 5 nitrogen and oxygen atoms in total. The van der Waals surface area contributed by atoms with Gasteiger partial charge in [0.25, 0.3) is 5.69 Å². The third-order valence-corrected chi connectivity index (χ3v) is 2.62. The zero-order chi connectivity index (χ0) is 13.0. The number of nitro groups is 1. The summed E-state index contributed by atoms with van der Waals surface area (Å²) in [5.41, 5.74) is 0.586. The van der Waals surface area contributed by atoms with Gasteiger partial charge < -0.3 is 0 Å². The second-order valence-corrected chi connectivity index (χ2v) is 4.79. The van der Waals surface area contributed by atoms with E-state index in [2.05, 4.69) is 15.9 Å². The van der Waals surface area contributed by atoms with Crippen LogP contribution in [-0.2, 0) is 6.42 Å². The van der Waals surface area contributed by atoms with Crippen LogP contribution in [0.5, 0.6) is 0 Å². The highest BCUT2D eigenvalue weighted by Crippen LogP contribution is 2.21. The fourth-order valence-electron chi connectivity index (χ4n) is 1.36. The molecule has 0 saturated heterocycles. The summed E-state index contributed by atoms with van der Waals surface area (Å²) in [4.78, 5) is 21.5. The van der Waals surface area contributed by atoms with Crippen molar-refractivity contribution in [3.05, 3.63) is 39.4 Å². The average molecular weight is 297 g/mol. The number of benzene rings is 1. The van der Waals surface area contributed by atoms with Crippen LogP contribution >= 0.6 is 15.9 Å². The van der Waals surface area contributed by atoms with Crippen molar-refractivity contribution in [2.45, 2.75) is 18.2 Å². The minimum absolute atomic E-state index is 0.0544. The first-order valence-corrected chi connectivity index (χ1v) is 5.71. The number of nitrogens with zero attached hydrogens (tertiary/aromatic N) is 2. The Morgan fingerprint density at radius 2 is 2.29 bits per heavy atom. The van der Waals surface area contributed by atoms with E-state index in [0.717, 1.165) is 0 Å². The zero-order valence-corrected chi connectivity index (χ0v) is 10.6. The molecule has 88 valence electrons. The SMILES string of the molecule is CC(Br)C(=O)c1cc([N+](=O)[O-])ccc1CC#N. The van der Waals surface area contributed by atoms with Crippen LogP contribution in [0.1, 0.15) is 22.8 Å². The molecule has 0 fully saturated rings. The fraction of sp³-hybridized carbons (Fsp3) is 0.273. The fourth-order valence-corrected chi connectivity index (χ4v) is 1.61. The number of nitro benzene ring substituents is 1. The average Bonchev–Trinajstić information content (AvgIpc) is 2.28. The molecule has 6 heteroatoms. The first-order chi connectivity index (χ1) is 7.97. The molecule has 0 spiro atoms. The van der Waals surface area contributed by atoms with Crippen molar-refractivity contribution >= 4 is 27.4 Å². The van der Waals surface area contributed by atoms with E-state index in [0.29, 0.717) is 5.56 Å². The zero-order valence-electron chi connectivity index (χ0n) is 9.01. The van der Waals surface area contributed by atoms with E-state index in [9.17, 15) is 14.9 Å². The van der Waals surface area contributed by atoms with Crippen molar-refractivity contribution in [3.8, 4) is 6.07 Å². The third kappa shape index (κ3) is 3.11. The molecule has 0 radical (unpaired) electrons. The van der Waals surface area contributed by atoms with Gasteiger partial charge in [0.2, 0.25) is 0 Å². The van der Waals surface area contributed by atoms with Crippen LogP contribution in [-0.4, -0.2) is 15.5 Å². The molecule has 0 N–H and O–H groups in total. The van der Waals surface area contributed by atoms with Gasteiger partial charge in [-0.2, -0.15) is 5.26 Å². The number of nitriles is 1. The maximum atomic E-state index is 11.8. The number of rotatable bonds is 4. The van der Waals surface area contributed by atoms with E-state index in [1.807, 2.05) is 6.07 Å². The minimum Gasteiger partial charge on any atom is -0.293 e. The smallest absolute Gasteiger partial charge is 0.270 e. The summed E-state index contributed by atoms with van der Waals surface area (Å²) in [6.45, 7) is 1.64. The molecule has 1 aromatic rings. The Balaban J connectivity index is 3.31. The molecule has 0 aliphatic carbocycles. The Labute approximate surface area is 106 Å². The first-order valence-electron chi connectivity index (χ1n) is 4.80. The standard InChI is InChI=1S/C11H9BrN2O3/c1-7(12)11(15)10-6-9(14(16)17)3-2-8(10)4-5-13/h2-3,6-7H,4H2,1H3. The van der Waals surface area contributed by atoms with Gasteiger partial charge in [-0.3, -0.25) is 14.9 Å². The summed E-state index contributed by atoms with van der Waals surface area (Å²) in [6.07, 6.45) is 0.0544. The van der Waals surface area contributed by atoms with Crippen LogP contribution in [0.2, 0.25) is 0 Å². The molecule has 1 rings (SSSR count). The highest BCUT2D eigenvalue weighted by atomic mass is 79.9. The number of non-ortho nitro benzene ring substituents is 1. The Hall–Kier alpha value is -1.74. The molecule has 1 atom stereocenters. The van der Waals surface area contributed by atoms with Crippen LogP contribution in [0.25, 0.3) is 0 Å². The molecular weight excluding hydrogens is 288 g/mol. The quantitative estimate of drug-likeness (QED) is 0.370. The lowest BCUT2D eigenvalue weighted by atomic mass is 9.99. The van der Waals surface area contributed by atoms with Crippen molar-refractivity contribution in [1.82, 2.24) is 0 Å². The monoisotopic (exact) mass is 296 g/mol. The summed E-state index contributed by atoms with van der Waals surface area (Å²) in [5, 5.41) is 19.3. The molecule has 0 bridgehead atoms. The number of alkyl halides is 1. The molecule has 1 aromatic carbocycles. The molecule has 0 aliphatic heterocycles. The van der Waals surface area contributed by atoms with Gasteiger partial charge in [-0.25, -0.2) is 0 Å². The largest absolute Gasteiger partial charge is 0.293 e. The number of carbonyl (C=O) groups is 1. The van der Waals surface area contributed by atoms with Gasteiger partial charge in [-0.1, -0.05) is 22.0 Å². The van der Waals surface area contributed by atoms with Gasteiger partial charge in [0.1, 0.15) is 0 Å². The summed E-state index contributed by atoms with van der Waals surface area (Å²) in [7, 11) is 0. The highest BCUT2D eigenvalue weighted by Gasteiger charge is 2.19. The predicted octanol–water partition coefficient (Wildman–Crippen LogP) is 2.63. The van der Waals surface area contributed by atoms with E-state index in [1.54, 1.807) is 6.92 Å². The van der Waals surface area contributed by atoms with Crippen LogP contribution in [0.4, 0.5) is 5.69 Å². The normalized spacial score (nSPS) is 11.6. The van der Waals surface area contributed by atoms with E-state index in [-0.39, 0.29) is 23.5 Å². The summed E-state index contributed by atoms with van der Waals surface area (Å²) >= 11 is 3.12. The third-order valence-electron chi connectivity index (χ3n) is 2.20. The Morgan fingerprint density at radius 1 is 1.65 bits per heavy atom. The lowest BCUT2D eigenvalue weighted by Crippen LogP contribution is -2.13. The van der Waals surface area contributed by atoms with Crippen molar-refractivity contribution in [1.29, 1.82) is 5.26 Å². The number of halogens is 1. The molecule has 0 saturated carbocycles. The predicted molar refractivity (Wildman–Crippen MR) is 65.1 cm³/mol. The van der Waals surface area contributed by atoms with Gasteiger partial charge in [-0.05, 0) is 12.5 Å². The van der Waals surface area contributed by atoms with Gasteiger partial charge in [0.15, 0.2) is 5.78 Å². The molecule has 0 heterocycles. The maximum Gasteiger partial charge on any atom is 0.270 e. The van der Waals surface area contributed by atoms with Crippen molar-refractivity contribution in [2.24, 2.45) is 0 Å². The van der Waals surface area contributed by atoms with Crippen LogP contribution < -0.4 is 0 Å². The lowest BCUT2D eigenvalue weighted by molar-refractivity contribution is -0.384. The van der Waals surface area contributed by atoms with E-state index < -0.39 is 9.75 Å². The first kappa shape index (κ1) is 13.3. The second-order valence-electron chi connectivity index (χ2n) is 3.41.